The molecular weight excluding hydrogens is 372 g/mol. The molecule has 1 aliphatic heterocycles. The fourth-order valence-electron chi connectivity index (χ4n) is 2.01. The molecule has 1 aromatic rings. The van der Waals surface area contributed by atoms with Gasteiger partial charge in [0.1, 0.15) is 18.1 Å². The normalized spacial score (nSPS) is 27.1. The van der Waals surface area contributed by atoms with Crippen molar-refractivity contribution in [2.24, 2.45) is 0 Å². The second-order valence-corrected chi connectivity index (χ2v) is 7.64. The van der Waals surface area contributed by atoms with E-state index in [1.807, 2.05) is 0 Å². The average molecular weight is 387 g/mol. The molecule has 4 unspecified atom stereocenters. The van der Waals surface area contributed by atoms with Gasteiger partial charge in [0.25, 0.3) is 0 Å². The van der Waals surface area contributed by atoms with E-state index in [1.54, 1.807) is 0 Å². The summed E-state index contributed by atoms with van der Waals surface area (Å²) in [5.41, 5.74) is 4.64. The predicted octanol–water partition coefficient (Wildman–Crippen LogP) is -1.30. The smallest absolute Gasteiger partial charge is 0.390 e. The highest BCUT2D eigenvalue weighted by molar-refractivity contribution is 7.60. The summed E-state index contributed by atoms with van der Waals surface area (Å²) in [6.45, 7) is -0.706. The number of rotatable bonds is 6. The summed E-state index contributed by atoms with van der Waals surface area (Å²) in [6.07, 6.45) is -1.97. The SMILES string of the molecule is Nc1ccn(C2CC(O)C(COP(=O)(O)OP(=O)(O)O)O2)c(=O)n1. The third-order valence-electron chi connectivity index (χ3n) is 2.98. The van der Waals surface area contributed by atoms with Crippen molar-refractivity contribution in [3.8, 4) is 0 Å². The van der Waals surface area contributed by atoms with Gasteiger partial charge in [-0.05, 0) is 6.07 Å². The Morgan fingerprint density at radius 3 is 2.67 bits per heavy atom. The molecule has 4 atom stereocenters. The predicted molar refractivity (Wildman–Crippen MR) is 76.3 cm³/mol. The molecule has 0 bridgehead atoms. The van der Waals surface area contributed by atoms with E-state index in [9.17, 15) is 19.0 Å². The Morgan fingerprint density at radius 1 is 1.42 bits per heavy atom. The number of nitrogen functional groups attached to an aromatic ring is 1. The number of nitrogens with zero attached hydrogens (tertiary/aromatic N) is 2. The maximum Gasteiger partial charge on any atom is 0.481 e. The van der Waals surface area contributed by atoms with Gasteiger partial charge in [-0.1, -0.05) is 0 Å². The Hall–Kier alpha value is -1.14. The first-order valence-electron chi connectivity index (χ1n) is 6.39. The lowest BCUT2D eigenvalue weighted by Gasteiger charge is -2.18. The van der Waals surface area contributed by atoms with Crippen LogP contribution in [0.1, 0.15) is 12.6 Å². The monoisotopic (exact) mass is 387 g/mol. The number of ether oxygens (including phenoxy) is 1. The van der Waals surface area contributed by atoms with E-state index in [-0.39, 0.29) is 12.2 Å². The molecule has 136 valence electrons. The van der Waals surface area contributed by atoms with Crippen LogP contribution in [0.3, 0.4) is 0 Å². The van der Waals surface area contributed by atoms with Gasteiger partial charge in [-0.2, -0.15) is 9.29 Å². The van der Waals surface area contributed by atoms with Gasteiger partial charge in [0.05, 0.1) is 12.7 Å². The summed E-state index contributed by atoms with van der Waals surface area (Å²) in [4.78, 5) is 41.3. The Kier molecular flexibility index (Phi) is 5.60. The van der Waals surface area contributed by atoms with E-state index in [2.05, 4.69) is 13.8 Å². The Bertz CT molecular complexity index is 747. The quantitative estimate of drug-likeness (QED) is 0.361. The van der Waals surface area contributed by atoms with Crippen LogP contribution < -0.4 is 11.4 Å². The van der Waals surface area contributed by atoms with E-state index in [0.29, 0.717) is 0 Å². The van der Waals surface area contributed by atoms with E-state index in [0.717, 1.165) is 4.57 Å². The first-order chi connectivity index (χ1) is 11.0. The molecule has 1 aliphatic rings. The molecule has 1 aromatic heterocycles. The van der Waals surface area contributed by atoms with Crippen LogP contribution in [-0.2, 0) is 22.7 Å². The van der Waals surface area contributed by atoms with Crippen molar-refractivity contribution in [2.75, 3.05) is 12.3 Å². The van der Waals surface area contributed by atoms with Gasteiger partial charge in [0.15, 0.2) is 0 Å². The second-order valence-electron chi connectivity index (χ2n) is 4.81. The first kappa shape index (κ1) is 19.2. The molecule has 6 N–H and O–H groups in total. The molecule has 15 heteroatoms. The number of phosphoric acid groups is 2. The number of hydrogen-bond acceptors (Lipinski definition) is 9. The zero-order valence-corrected chi connectivity index (χ0v) is 13.7. The van der Waals surface area contributed by atoms with Crippen LogP contribution in [0.4, 0.5) is 5.82 Å². The summed E-state index contributed by atoms with van der Waals surface area (Å²) in [6, 6.07) is 1.34. The lowest BCUT2D eigenvalue weighted by Crippen LogP contribution is -2.28. The molecular formula is C9H15N3O10P2. The largest absolute Gasteiger partial charge is 0.481 e. The van der Waals surface area contributed by atoms with Crippen molar-refractivity contribution in [1.29, 1.82) is 0 Å². The van der Waals surface area contributed by atoms with Crippen LogP contribution in [0, 0.1) is 0 Å². The lowest BCUT2D eigenvalue weighted by molar-refractivity contribution is -0.0449. The summed E-state index contributed by atoms with van der Waals surface area (Å²) < 4.78 is 36.2. The highest BCUT2D eigenvalue weighted by atomic mass is 31.3. The second kappa shape index (κ2) is 7.00. The lowest BCUT2D eigenvalue weighted by atomic mass is 10.2. The van der Waals surface area contributed by atoms with Crippen LogP contribution >= 0.6 is 15.6 Å². The van der Waals surface area contributed by atoms with Gasteiger partial charge in [0, 0.05) is 12.6 Å². The first-order valence-corrected chi connectivity index (χ1v) is 9.42. The number of phosphoric ester groups is 1. The minimum Gasteiger partial charge on any atom is -0.390 e. The summed E-state index contributed by atoms with van der Waals surface area (Å²) in [5.74, 6) is 0.00508. The van der Waals surface area contributed by atoms with Gasteiger partial charge < -0.3 is 30.3 Å². The summed E-state index contributed by atoms with van der Waals surface area (Å²) in [7, 11) is -10.3. The van der Waals surface area contributed by atoms with Gasteiger partial charge in [0.2, 0.25) is 0 Å². The molecule has 13 nitrogen and oxygen atoms in total. The van der Waals surface area contributed by atoms with Gasteiger partial charge in [-0.15, -0.1) is 0 Å². The topological polar surface area (TPSA) is 204 Å². The Balaban J connectivity index is 2.00. The highest BCUT2D eigenvalue weighted by Gasteiger charge is 2.39. The molecule has 0 radical (unpaired) electrons. The van der Waals surface area contributed by atoms with E-state index in [1.165, 1.54) is 12.3 Å². The third-order valence-corrected chi connectivity index (χ3v) is 5.13. The van der Waals surface area contributed by atoms with Crippen molar-refractivity contribution < 1.29 is 42.5 Å². The molecule has 2 heterocycles. The fraction of sp³-hybridized carbons (Fsp3) is 0.556. The van der Waals surface area contributed by atoms with Crippen LogP contribution in [0.25, 0.3) is 0 Å². The highest BCUT2D eigenvalue weighted by Crippen LogP contribution is 2.57. The summed E-state index contributed by atoms with van der Waals surface area (Å²) in [5, 5.41) is 9.86. The number of anilines is 1. The van der Waals surface area contributed by atoms with Crippen LogP contribution in [0.15, 0.2) is 17.1 Å². The molecule has 2 rings (SSSR count). The van der Waals surface area contributed by atoms with E-state index >= 15 is 0 Å². The van der Waals surface area contributed by atoms with E-state index in [4.69, 9.17) is 25.2 Å². The number of nitrogens with two attached hydrogens (primary N) is 1. The standard InChI is InChI=1S/C9H15N3O10P2/c10-7-1-2-12(9(14)11-7)8-3-5(13)6(21-8)4-20-24(18,19)22-23(15,16)17/h1-2,5-6,8,13H,3-4H2,(H,18,19)(H2,10,11,14)(H2,15,16,17). The van der Waals surface area contributed by atoms with Crippen molar-refractivity contribution in [2.45, 2.75) is 24.9 Å². The van der Waals surface area contributed by atoms with Crippen molar-refractivity contribution >= 4 is 21.5 Å². The number of hydrogen-bond donors (Lipinski definition) is 5. The maximum absolute atomic E-state index is 11.7. The number of aromatic nitrogens is 2. The molecule has 0 aliphatic carbocycles. The minimum absolute atomic E-state index is 0.00508. The molecule has 0 amide bonds. The van der Waals surface area contributed by atoms with Gasteiger partial charge in [-0.3, -0.25) is 9.09 Å². The van der Waals surface area contributed by atoms with Gasteiger partial charge in [-0.25, -0.2) is 13.9 Å². The van der Waals surface area contributed by atoms with Crippen LogP contribution in [0.5, 0.6) is 0 Å². The molecule has 1 saturated heterocycles. The molecule has 0 spiro atoms. The van der Waals surface area contributed by atoms with E-state index < -0.39 is 46.4 Å². The zero-order valence-electron chi connectivity index (χ0n) is 11.9. The van der Waals surface area contributed by atoms with Crippen molar-refractivity contribution in [3.63, 3.8) is 0 Å². The third kappa shape index (κ3) is 5.18. The van der Waals surface area contributed by atoms with Crippen LogP contribution in [-0.4, -0.2) is 48.2 Å². The number of aliphatic hydroxyl groups excluding tert-OH is 1. The summed E-state index contributed by atoms with van der Waals surface area (Å²) >= 11 is 0. The molecule has 0 saturated carbocycles. The maximum atomic E-state index is 11.7. The van der Waals surface area contributed by atoms with Crippen LogP contribution in [0.2, 0.25) is 0 Å². The molecule has 24 heavy (non-hydrogen) atoms. The minimum atomic E-state index is -5.24. The number of aliphatic hydroxyl groups is 1. The Morgan fingerprint density at radius 2 is 2.08 bits per heavy atom. The van der Waals surface area contributed by atoms with Gasteiger partial charge >= 0.3 is 21.3 Å². The van der Waals surface area contributed by atoms with Crippen molar-refractivity contribution in [1.82, 2.24) is 9.55 Å². The van der Waals surface area contributed by atoms with Crippen molar-refractivity contribution in [3.05, 3.63) is 22.7 Å². The molecule has 1 fully saturated rings. The Labute approximate surface area is 134 Å². The fourth-order valence-corrected chi connectivity index (χ4v) is 3.61. The zero-order chi connectivity index (χ0) is 18.1. The average Bonchev–Trinajstić information content (AvgIpc) is 2.75. The molecule has 0 aromatic carbocycles.